The van der Waals surface area contributed by atoms with Gasteiger partial charge in [-0.1, -0.05) is 104 Å². The molecule has 0 saturated carbocycles. The van der Waals surface area contributed by atoms with Crippen molar-refractivity contribution in [2.75, 3.05) is 0 Å². The Morgan fingerprint density at radius 2 is 1.04 bits per heavy atom. The topological polar surface area (TPSA) is 20.2 Å². The van der Waals surface area contributed by atoms with Crippen molar-refractivity contribution in [1.82, 2.24) is 0 Å². The van der Waals surface area contributed by atoms with Crippen LogP contribution in [0.4, 0.5) is 0 Å². The largest absolute Gasteiger partial charge is 0.364 e. The molecule has 0 aliphatic rings. The van der Waals surface area contributed by atoms with Crippen LogP contribution in [0.3, 0.4) is 0 Å². The Morgan fingerprint density at radius 1 is 0.667 bits per heavy atom. The Kier molecular flexibility index (Phi) is 16.0. The minimum atomic E-state index is -1.17. The van der Waals surface area contributed by atoms with Gasteiger partial charge in [-0.05, 0) is 18.4 Å². The molecule has 0 bridgehead atoms. The molecular formula is C22H27Cl2OPRu. The van der Waals surface area contributed by atoms with Gasteiger partial charge in [0.1, 0.15) is 0 Å². The molecule has 0 saturated heterocycles. The molecule has 148 valence electrons. The maximum atomic E-state index is 10.1. The molecule has 0 aromatic heterocycles. The van der Waals surface area contributed by atoms with Gasteiger partial charge in [0.15, 0.2) is 0 Å². The minimum Gasteiger partial charge on any atom is -0.364 e. The Bertz CT molecular complexity index is 683. The molecule has 27 heavy (non-hydrogen) atoms. The van der Waals surface area contributed by atoms with Crippen LogP contribution in [0.25, 0.3) is 0 Å². The molecule has 1 N–H and O–H groups in total. The maximum absolute atomic E-state index is 10.1. The Labute approximate surface area is 190 Å². The van der Waals surface area contributed by atoms with Crippen molar-refractivity contribution in [2.24, 2.45) is 0 Å². The third-order valence-corrected chi connectivity index (χ3v) is 5.32. The van der Waals surface area contributed by atoms with Crippen molar-refractivity contribution in [2.45, 2.75) is 26.7 Å². The number of benzene rings is 3. The quantitative estimate of drug-likeness (QED) is 0.339. The van der Waals surface area contributed by atoms with Gasteiger partial charge in [0.05, 0.1) is 8.15 Å². The van der Waals surface area contributed by atoms with E-state index in [0.29, 0.717) is 5.92 Å². The third kappa shape index (κ3) is 9.84. The van der Waals surface area contributed by atoms with Crippen molar-refractivity contribution in [3.63, 3.8) is 0 Å². The van der Waals surface area contributed by atoms with Crippen LogP contribution in [-0.2, 0) is 19.5 Å². The van der Waals surface area contributed by atoms with Gasteiger partial charge in [-0.15, -0.1) is 24.8 Å². The summed E-state index contributed by atoms with van der Waals surface area (Å²) in [5.74, 6) is 0.653. The zero-order chi connectivity index (χ0) is 17.4. The van der Waals surface area contributed by atoms with Crippen LogP contribution in [0, 0.1) is 6.92 Å². The van der Waals surface area contributed by atoms with Crippen molar-refractivity contribution < 1.29 is 24.4 Å². The molecule has 0 atom stereocenters. The van der Waals surface area contributed by atoms with Crippen LogP contribution in [-0.4, -0.2) is 4.89 Å². The van der Waals surface area contributed by atoms with E-state index >= 15 is 0 Å². The summed E-state index contributed by atoms with van der Waals surface area (Å²) in [6, 6.07) is 28.2. The van der Waals surface area contributed by atoms with Gasteiger partial charge in [0.25, 0.3) is 0 Å². The SMILES string of the molecule is Cc1ccc(C(C)C)cc1.Cl.Cl.OP(c1ccccc1)c1ccccc1.[Ru]. The van der Waals surface area contributed by atoms with Crippen LogP contribution in [0.5, 0.6) is 0 Å². The molecule has 0 fully saturated rings. The van der Waals surface area contributed by atoms with E-state index in [4.69, 9.17) is 0 Å². The van der Waals surface area contributed by atoms with Crippen LogP contribution < -0.4 is 10.6 Å². The molecule has 3 aromatic rings. The molecule has 0 amide bonds. The number of rotatable bonds is 3. The van der Waals surface area contributed by atoms with E-state index in [0.717, 1.165) is 10.6 Å². The van der Waals surface area contributed by atoms with Gasteiger partial charge in [-0.2, -0.15) is 0 Å². The first kappa shape index (κ1) is 28.5. The molecule has 0 aliphatic heterocycles. The van der Waals surface area contributed by atoms with Crippen molar-refractivity contribution in [3.8, 4) is 0 Å². The van der Waals surface area contributed by atoms with Crippen LogP contribution in [0.1, 0.15) is 30.9 Å². The summed E-state index contributed by atoms with van der Waals surface area (Å²) in [6.45, 7) is 6.54. The first-order chi connectivity index (χ1) is 11.6. The molecule has 1 nitrogen and oxygen atoms in total. The van der Waals surface area contributed by atoms with E-state index in [2.05, 4.69) is 45.0 Å². The van der Waals surface area contributed by atoms with Gasteiger partial charge in [0.2, 0.25) is 0 Å². The zero-order valence-corrected chi connectivity index (χ0v) is 20.0. The van der Waals surface area contributed by atoms with E-state index in [1.165, 1.54) is 11.1 Å². The third-order valence-electron chi connectivity index (χ3n) is 3.75. The number of halogens is 2. The van der Waals surface area contributed by atoms with Gasteiger partial charge in [-0.25, -0.2) is 0 Å². The smallest absolute Gasteiger partial charge is 0.0877 e. The van der Waals surface area contributed by atoms with Crippen molar-refractivity contribution in [3.05, 3.63) is 96.1 Å². The second-order valence-corrected chi connectivity index (χ2v) is 7.70. The van der Waals surface area contributed by atoms with Crippen LogP contribution in [0.15, 0.2) is 84.9 Å². The predicted molar refractivity (Wildman–Crippen MR) is 121 cm³/mol. The normalized spacial score (nSPS) is 9.26. The molecule has 3 aromatic carbocycles. The van der Waals surface area contributed by atoms with Gasteiger partial charge < -0.3 is 4.89 Å². The van der Waals surface area contributed by atoms with Gasteiger partial charge in [0, 0.05) is 30.1 Å². The fraction of sp³-hybridized carbons (Fsp3) is 0.182. The zero-order valence-electron chi connectivity index (χ0n) is 15.7. The minimum absolute atomic E-state index is 0. The van der Waals surface area contributed by atoms with E-state index in [9.17, 15) is 4.89 Å². The van der Waals surface area contributed by atoms with E-state index < -0.39 is 8.15 Å². The summed E-state index contributed by atoms with van der Waals surface area (Å²) in [4.78, 5) is 10.1. The molecule has 3 rings (SSSR count). The summed E-state index contributed by atoms with van der Waals surface area (Å²) in [5.41, 5.74) is 2.76. The fourth-order valence-corrected chi connectivity index (χ4v) is 3.45. The Morgan fingerprint density at radius 3 is 1.37 bits per heavy atom. The molecule has 0 heterocycles. The van der Waals surface area contributed by atoms with E-state index in [-0.39, 0.29) is 44.3 Å². The Balaban J connectivity index is 0. The van der Waals surface area contributed by atoms with Gasteiger partial charge in [-0.3, -0.25) is 0 Å². The molecular weight excluding hydrogens is 483 g/mol. The first-order valence-electron chi connectivity index (χ1n) is 8.23. The van der Waals surface area contributed by atoms with Crippen LogP contribution >= 0.6 is 33.0 Å². The molecule has 0 unspecified atom stereocenters. The maximum Gasteiger partial charge on any atom is 0.0877 e. The molecule has 0 radical (unpaired) electrons. The summed E-state index contributed by atoms with van der Waals surface area (Å²) < 4.78 is 0. The van der Waals surface area contributed by atoms with Crippen LogP contribution in [0.2, 0.25) is 0 Å². The van der Waals surface area contributed by atoms with Crippen molar-refractivity contribution in [1.29, 1.82) is 0 Å². The second kappa shape index (κ2) is 15.2. The summed E-state index contributed by atoms with van der Waals surface area (Å²) in [6.07, 6.45) is 0. The summed E-state index contributed by atoms with van der Waals surface area (Å²) >= 11 is 0. The van der Waals surface area contributed by atoms with Crippen molar-refractivity contribution >= 4 is 43.6 Å². The number of hydrogen-bond acceptors (Lipinski definition) is 1. The predicted octanol–water partition coefficient (Wildman–Crippen LogP) is 5.99. The standard InChI is InChI=1S/C12H11OP.C10H14.2ClH.Ru/c13-14(11-7-3-1-4-8-11)12-9-5-2-6-10-12;1-8(2)10-6-4-9(3)5-7-10;;;/h1-10,13H;4-8H,1-3H3;2*1H;. The molecule has 0 spiro atoms. The first-order valence-corrected chi connectivity index (χ1v) is 9.53. The number of hydrogen-bond donors (Lipinski definition) is 1. The molecule has 5 heteroatoms. The summed E-state index contributed by atoms with van der Waals surface area (Å²) in [5, 5.41) is 1.99. The van der Waals surface area contributed by atoms with E-state index in [1.54, 1.807) is 0 Å². The fourth-order valence-electron chi connectivity index (χ4n) is 2.24. The average Bonchev–Trinajstić information content (AvgIpc) is 2.63. The summed E-state index contributed by atoms with van der Waals surface area (Å²) in [7, 11) is -1.17. The van der Waals surface area contributed by atoms with Gasteiger partial charge >= 0.3 is 0 Å². The Hall–Kier alpha value is -0.747. The number of aryl methyl sites for hydroxylation is 1. The van der Waals surface area contributed by atoms with E-state index in [1.807, 2.05) is 60.7 Å². The second-order valence-electron chi connectivity index (χ2n) is 6.05. The molecule has 0 aliphatic carbocycles. The monoisotopic (exact) mass is 510 g/mol. The average molecular weight is 510 g/mol.